The standard InChI is InChI=1S/C15H21FN4O3S/c1-5-20-14(17-18-15(20)23-10(2)3)11(4)19-24(21,22)13-8-6-12(16)7-9-13/h6-11,19H,5H2,1-4H3/t11-/m1/s1. The number of hydrogen-bond donors (Lipinski definition) is 1. The highest BCUT2D eigenvalue weighted by atomic mass is 32.2. The fourth-order valence-electron chi connectivity index (χ4n) is 2.18. The first-order valence-corrected chi connectivity index (χ1v) is 9.10. The van der Waals surface area contributed by atoms with Crippen LogP contribution in [0, 0.1) is 5.82 Å². The van der Waals surface area contributed by atoms with Gasteiger partial charge in [-0.05, 0) is 52.0 Å². The molecule has 0 saturated heterocycles. The van der Waals surface area contributed by atoms with Crippen LogP contribution in [-0.4, -0.2) is 29.3 Å². The molecule has 0 spiro atoms. The first kappa shape index (κ1) is 18.3. The van der Waals surface area contributed by atoms with Gasteiger partial charge in [0.05, 0.1) is 17.0 Å². The molecule has 9 heteroatoms. The van der Waals surface area contributed by atoms with Gasteiger partial charge in [0.15, 0.2) is 5.82 Å². The second-order valence-corrected chi connectivity index (χ2v) is 7.26. The zero-order valence-electron chi connectivity index (χ0n) is 14.0. The first-order valence-electron chi connectivity index (χ1n) is 7.62. The highest BCUT2D eigenvalue weighted by Gasteiger charge is 2.24. The Bertz CT molecular complexity index is 788. The van der Waals surface area contributed by atoms with E-state index in [-0.39, 0.29) is 11.0 Å². The van der Waals surface area contributed by atoms with E-state index < -0.39 is 21.9 Å². The molecule has 1 aromatic heterocycles. The molecule has 1 atom stereocenters. The number of nitrogens with zero attached hydrogens (tertiary/aromatic N) is 3. The third-order valence-electron chi connectivity index (χ3n) is 3.25. The van der Waals surface area contributed by atoms with E-state index in [2.05, 4.69) is 14.9 Å². The lowest BCUT2D eigenvalue weighted by Gasteiger charge is -2.16. The van der Waals surface area contributed by atoms with E-state index in [1.54, 1.807) is 11.5 Å². The monoisotopic (exact) mass is 356 g/mol. The van der Waals surface area contributed by atoms with Crippen molar-refractivity contribution in [2.75, 3.05) is 0 Å². The molecule has 0 bridgehead atoms. The van der Waals surface area contributed by atoms with Crippen molar-refractivity contribution >= 4 is 10.0 Å². The van der Waals surface area contributed by atoms with Gasteiger partial charge in [0.25, 0.3) is 0 Å². The Balaban J connectivity index is 2.24. The molecule has 1 heterocycles. The van der Waals surface area contributed by atoms with Crippen LogP contribution in [0.15, 0.2) is 29.2 Å². The Morgan fingerprint density at radius 2 is 1.83 bits per heavy atom. The van der Waals surface area contributed by atoms with Gasteiger partial charge in [-0.1, -0.05) is 5.10 Å². The van der Waals surface area contributed by atoms with Crippen molar-refractivity contribution in [1.82, 2.24) is 19.5 Å². The van der Waals surface area contributed by atoms with Crippen LogP contribution < -0.4 is 9.46 Å². The summed E-state index contributed by atoms with van der Waals surface area (Å²) in [4.78, 5) is -0.0167. The molecule has 0 unspecified atom stereocenters. The molecule has 2 aromatic rings. The second kappa shape index (κ2) is 7.27. The van der Waals surface area contributed by atoms with Crippen LogP contribution in [-0.2, 0) is 16.6 Å². The molecule has 0 fully saturated rings. The summed E-state index contributed by atoms with van der Waals surface area (Å²) >= 11 is 0. The van der Waals surface area contributed by atoms with Gasteiger partial charge in [-0.3, -0.25) is 4.57 Å². The normalized spacial score (nSPS) is 13.2. The maximum atomic E-state index is 13.0. The number of halogens is 1. The van der Waals surface area contributed by atoms with Crippen LogP contribution in [0.4, 0.5) is 4.39 Å². The van der Waals surface area contributed by atoms with Crippen LogP contribution in [0.3, 0.4) is 0 Å². The maximum absolute atomic E-state index is 13.0. The van der Waals surface area contributed by atoms with Crippen molar-refractivity contribution in [2.24, 2.45) is 0 Å². The van der Waals surface area contributed by atoms with Gasteiger partial charge < -0.3 is 4.74 Å². The Morgan fingerprint density at radius 3 is 2.38 bits per heavy atom. The lowest BCUT2D eigenvalue weighted by molar-refractivity contribution is 0.211. The van der Waals surface area contributed by atoms with Crippen LogP contribution in [0.25, 0.3) is 0 Å². The first-order chi connectivity index (χ1) is 11.2. The van der Waals surface area contributed by atoms with Crippen molar-refractivity contribution in [1.29, 1.82) is 0 Å². The largest absolute Gasteiger partial charge is 0.461 e. The topological polar surface area (TPSA) is 86.1 Å². The fourth-order valence-corrected chi connectivity index (χ4v) is 3.38. The minimum Gasteiger partial charge on any atom is -0.461 e. The van der Waals surface area contributed by atoms with Gasteiger partial charge in [0, 0.05) is 6.54 Å². The predicted octanol–water partition coefficient (Wildman–Crippen LogP) is 2.26. The van der Waals surface area contributed by atoms with Crippen LogP contribution >= 0.6 is 0 Å². The van der Waals surface area contributed by atoms with Crippen molar-refractivity contribution in [3.63, 3.8) is 0 Å². The molecule has 0 radical (unpaired) electrons. The molecular weight excluding hydrogens is 335 g/mol. The molecule has 24 heavy (non-hydrogen) atoms. The quantitative estimate of drug-likeness (QED) is 0.822. The number of aromatic nitrogens is 3. The molecular formula is C15H21FN4O3S. The van der Waals surface area contributed by atoms with Crippen molar-refractivity contribution in [2.45, 2.75) is 51.3 Å². The fraction of sp³-hybridized carbons (Fsp3) is 0.467. The number of nitrogens with one attached hydrogen (secondary N) is 1. The SMILES string of the molecule is CCn1c(OC(C)C)nnc1[C@@H](C)NS(=O)(=O)c1ccc(F)cc1. The van der Waals surface area contributed by atoms with Gasteiger partial charge in [0.1, 0.15) is 5.82 Å². The molecule has 0 aliphatic carbocycles. The lowest BCUT2D eigenvalue weighted by Crippen LogP contribution is -2.29. The molecule has 7 nitrogen and oxygen atoms in total. The van der Waals surface area contributed by atoms with E-state index in [0.29, 0.717) is 18.4 Å². The predicted molar refractivity (Wildman–Crippen MR) is 86.6 cm³/mol. The van der Waals surface area contributed by atoms with E-state index >= 15 is 0 Å². The number of sulfonamides is 1. The molecule has 1 N–H and O–H groups in total. The van der Waals surface area contributed by atoms with Gasteiger partial charge in [-0.2, -0.15) is 0 Å². The average molecular weight is 356 g/mol. The Labute approximate surface area is 140 Å². The lowest BCUT2D eigenvalue weighted by atomic mass is 10.3. The van der Waals surface area contributed by atoms with E-state index in [4.69, 9.17) is 4.74 Å². The van der Waals surface area contributed by atoms with Gasteiger partial charge in [-0.15, -0.1) is 5.10 Å². The molecule has 0 aliphatic rings. The molecule has 0 saturated carbocycles. The third kappa shape index (κ3) is 4.09. The highest BCUT2D eigenvalue weighted by molar-refractivity contribution is 7.89. The summed E-state index contributed by atoms with van der Waals surface area (Å²) in [5.74, 6) is -0.0537. The van der Waals surface area contributed by atoms with E-state index in [0.717, 1.165) is 12.1 Å². The summed E-state index contributed by atoms with van der Waals surface area (Å²) in [5.41, 5.74) is 0. The summed E-state index contributed by atoms with van der Waals surface area (Å²) in [6, 6.07) is 4.34. The molecule has 1 aromatic carbocycles. The van der Waals surface area contributed by atoms with Crippen molar-refractivity contribution in [3.05, 3.63) is 35.9 Å². The summed E-state index contributed by atoms with van der Waals surface area (Å²) in [6.07, 6.45) is -0.0708. The Hall–Kier alpha value is -2.00. The van der Waals surface area contributed by atoms with Crippen molar-refractivity contribution in [3.8, 4) is 6.01 Å². The highest BCUT2D eigenvalue weighted by Crippen LogP contribution is 2.20. The summed E-state index contributed by atoms with van der Waals surface area (Å²) in [5, 5.41) is 8.00. The van der Waals surface area contributed by atoms with Crippen LogP contribution in [0.2, 0.25) is 0 Å². The van der Waals surface area contributed by atoms with Gasteiger partial charge in [0.2, 0.25) is 10.0 Å². The van der Waals surface area contributed by atoms with E-state index in [1.165, 1.54) is 12.1 Å². The Kier molecular flexibility index (Phi) is 5.55. The number of benzene rings is 1. The Morgan fingerprint density at radius 1 is 1.21 bits per heavy atom. The van der Waals surface area contributed by atoms with Gasteiger partial charge in [-0.25, -0.2) is 17.5 Å². The molecule has 0 aliphatic heterocycles. The average Bonchev–Trinajstić information content (AvgIpc) is 2.89. The van der Waals surface area contributed by atoms with E-state index in [9.17, 15) is 12.8 Å². The maximum Gasteiger partial charge on any atom is 0.317 e. The van der Waals surface area contributed by atoms with Crippen LogP contribution in [0.5, 0.6) is 6.01 Å². The molecule has 0 amide bonds. The zero-order valence-corrected chi connectivity index (χ0v) is 14.8. The third-order valence-corrected chi connectivity index (χ3v) is 4.80. The number of ether oxygens (including phenoxy) is 1. The van der Waals surface area contributed by atoms with Gasteiger partial charge >= 0.3 is 6.01 Å². The smallest absolute Gasteiger partial charge is 0.317 e. The minimum atomic E-state index is -3.80. The van der Waals surface area contributed by atoms with Crippen molar-refractivity contribution < 1.29 is 17.5 Å². The summed E-state index contributed by atoms with van der Waals surface area (Å²) in [6.45, 7) is 7.83. The number of hydrogen-bond acceptors (Lipinski definition) is 5. The summed E-state index contributed by atoms with van der Waals surface area (Å²) in [7, 11) is -3.80. The van der Waals surface area contributed by atoms with Crippen LogP contribution in [0.1, 0.15) is 39.6 Å². The molecule has 2 rings (SSSR count). The zero-order chi connectivity index (χ0) is 17.9. The van der Waals surface area contributed by atoms with E-state index in [1.807, 2.05) is 20.8 Å². The second-order valence-electron chi connectivity index (χ2n) is 5.55. The summed E-state index contributed by atoms with van der Waals surface area (Å²) < 4.78 is 47.5. The molecule has 132 valence electrons. The minimum absolute atomic E-state index is 0.0167. The number of rotatable bonds is 7.